The Labute approximate surface area is 189 Å². The van der Waals surface area contributed by atoms with Crippen LogP contribution in [0.1, 0.15) is 34.5 Å². The summed E-state index contributed by atoms with van der Waals surface area (Å²) in [7, 11) is 0. The highest BCUT2D eigenvalue weighted by molar-refractivity contribution is 7.13. The highest BCUT2D eigenvalue weighted by Crippen LogP contribution is 2.27. The number of thiazole rings is 1. The van der Waals surface area contributed by atoms with Crippen LogP contribution < -0.4 is 5.32 Å². The molecule has 4 rings (SSSR count). The van der Waals surface area contributed by atoms with E-state index < -0.39 is 0 Å². The van der Waals surface area contributed by atoms with Crippen LogP contribution in [-0.4, -0.2) is 34.8 Å². The fourth-order valence-electron chi connectivity index (χ4n) is 3.72. The van der Waals surface area contributed by atoms with Crippen molar-refractivity contribution in [3.63, 3.8) is 0 Å². The lowest BCUT2D eigenvalue weighted by atomic mass is 9.95. The van der Waals surface area contributed by atoms with Gasteiger partial charge in [-0.25, -0.2) is 13.8 Å². The summed E-state index contributed by atoms with van der Waals surface area (Å²) in [6.07, 6.45) is 1.09. The molecule has 166 valence electrons. The van der Waals surface area contributed by atoms with E-state index in [1.54, 1.807) is 47.5 Å². The molecule has 2 amide bonds. The van der Waals surface area contributed by atoms with Gasteiger partial charge in [-0.2, -0.15) is 0 Å². The largest absolute Gasteiger partial charge is 0.352 e. The number of aryl methyl sites for hydroxylation is 1. The standard InChI is InChI=1S/C24H23F2N3O2S/c1-15-6-7-16(12-20(15)26)13-27-22(30)17-8-10-29(11-9-17)24(31)21-14-32-23(28-21)18-4-2-3-5-19(18)25/h2-7,12,14,17H,8-11,13H2,1H3,(H,27,30). The molecule has 0 saturated carbocycles. The molecule has 1 saturated heterocycles. The summed E-state index contributed by atoms with van der Waals surface area (Å²) in [4.78, 5) is 31.3. The monoisotopic (exact) mass is 455 g/mol. The van der Waals surface area contributed by atoms with Crippen LogP contribution >= 0.6 is 11.3 Å². The number of hydrogen-bond donors (Lipinski definition) is 1. The minimum atomic E-state index is -0.374. The van der Waals surface area contributed by atoms with Crippen LogP contribution in [0.3, 0.4) is 0 Å². The summed E-state index contributed by atoms with van der Waals surface area (Å²) in [5.74, 6) is -1.16. The summed E-state index contributed by atoms with van der Waals surface area (Å²) in [6, 6.07) is 11.3. The van der Waals surface area contributed by atoms with E-state index in [0.717, 1.165) is 0 Å². The quantitative estimate of drug-likeness (QED) is 0.613. The number of rotatable bonds is 5. The molecule has 0 aliphatic carbocycles. The number of piperidine rings is 1. The molecule has 0 atom stereocenters. The number of carbonyl (C=O) groups excluding carboxylic acids is 2. The first-order chi connectivity index (χ1) is 15.4. The minimum absolute atomic E-state index is 0.0893. The van der Waals surface area contributed by atoms with E-state index in [2.05, 4.69) is 10.3 Å². The molecule has 1 aliphatic rings. The molecule has 0 radical (unpaired) electrons. The first-order valence-corrected chi connectivity index (χ1v) is 11.3. The number of aromatic nitrogens is 1. The lowest BCUT2D eigenvalue weighted by molar-refractivity contribution is -0.126. The van der Waals surface area contributed by atoms with Gasteiger partial charge in [0.25, 0.3) is 5.91 Å². The highest BCUT2D eigenvalue weighted by Gasteiger charge is 2.29. The zero-order chi connectivity index (χ0) is 22.7. The first-order valence-electron chi connectivity index (χ1n) is 10.4. The zero-order valence-electron chi connectivity index (χ0n) is 17.6. The van der Waals surface area contributed by atoms with Crippen LogP contribution in [0.4, 0.5) is 8.78 Å². The van der Waals surface area contributed by atoms with E-state index in [1.165, 1.54) is 23.5 Å². The van der Waals surface area contributed by atoms with Crippen molar-refractivity contribution in [1.29, 1.82) is 0 Å². The van der Waals surface area contributed by atoms with E-state index in [0.29, 0.717) is 47.6 Å². The van der Waals surface area contributed by atoms with Crippen LogP contribution in [-0.2, 0) is 11.3 Å². The van der Waals surface area contributed by atoms with E-state index in [9.17, 15) is 18.4 Å². The van der Waals surface area contributed by atoms with Crippen LogP contribution in [0.2, 0.25) is 0 Å². The van der Waals surface area contributed by atoms with Gasteiger partial charge in [0.15, 0.2) is 0 Å². The molecule has 2 heterocycles. The van der Waals surface area contributed by atoms with Crippen molar-refractivity contribution in [2.24, 2.45) is 5.92 Å². The van der Waals surface area contributed by atoms with Gasteiger partial charge in [0.1, 0.15) is 22.3 Å². The topological polar surface area (TPSA) is 62.3 Å². The molecule has 3 aromatic rings. The number of amides is 2. The molecule has 1 aliphatic heterocycles. The van der Waals surface area contributed by atoms with E-state index >= 15 is 0 Å². The number of nitrogens with zero attached hydrogens (tertiary/aromatic N) is 2. The molecule has 0 unspecified atom stereocenters. The average Bonchev–Trinajstić information content (AvgIpc) is 3.29. The molecule has 0 spiro atoms. The second kappa shape index (κ2) is 9.56. The van der Waals surface area contributed by atoms with Gasteiger partial charge in [0.05, 0.1) is 0 Å². The van der Waals surface area contributed by atoms with Crippen molar-refractivity contribution in [2.45, 2.75) is 26.3 Å². The molecule has 8 heteroatoms. The van der Waals surface area contributed by atoms with Crippen molar-refractivity contribution >= 4 is 23.2 Å². The maximum absolute atomic E-state index is 14.0. The Morgan fingerprint density at radius 2 is 1.88 bits per heavy atom. The number of halogens is 2. The third kappa shape index (κ3) is 4.85. The maximum Gasteiger partial charge on any atom is 0.273 e. The molecular weight excluding hydrogens is 432 g/mol. The summed E-state index contributed by atoms with van der Waals surface area (Å²) in [5, 5.41) is 4.97. The lowest BCUT2D eigenvalue weighted by Gasteiger charge is -2.31. The molecule has 1 aromatic heterocycles. The molecule has 2 aromatic carbocycles. The van der Waals surface area contributed by atoms with Gasteiger partial charge in [0.2, 0.25) is 5.91 Å². The van der Waals surface area contributed by atoms with E-state index in [-0.39, 0.29) is 41.6 Å². The van der Waals surface area contributed by atoms with E-state index in [4.69, 9.17) is 0 Å². The van der Waals surface area contributed by atoms with Gasteiger partial charge in [0, 0.05) is 36.5 Å². The predicted molar refractivity (Wildman–Crippen MR) is 119 cm³/mol. The Morgan fingerprint density at radius 3 is 2.59 bits per heavy atom. The van der Waals surface area contributed by atoms with Gasteiger partial charge in [-0.1, -0.05) is 24.3 Å². The number of hydrogen-bond acceptors (Lipinski definition) is 4. The third-order valence-corrected chi connectivity index (χ3v) is 6.56. The Balaban J connectivity index is 1.30. The number of benzene rings is 2. The number of nitrogens with one attached hydrogen (secondary N) is 1. The Morgan fingerprint density at radius 1 is 1.12 bits per heavy atom. The second-order valence-corrected chi connectivity index (χ2v) is 8.74. The molecule has 0 bridgehead atoms. The maximum atomic E-state index is 14.0. The van der Waals surface area contributed by atoms with Crippen molar-refractivity contribution in [2.75, 3.05) is 13.1 Å². The highest BCUT2D eigenvalue weighted by atomic mass is 32.1. The fourth-order valence-corrected chi connectivity index (χ4v) is 4.54. The van der Waals surface area contributed by atoms with Crippen molar-refractivity contribution in [1.82, 2.24) is 15.2 Å². The minimum Gasteiger partial charge on any atom is -0.352 e. The molecule has 1 fully saturated rings. The van der Waals surface area contributed by atoms with Gasteiger partial charge in [-0.05, 0) is 49.1 Å². The van der Waals surface area contributed by atoms with Crippen molar-refractivity contribution < 1.29 is 18.4 Å². The van der Waals surface area contributed by atoms with Gasteiger partial charge < -0.3 is 10.2 Å². The average molecular weight is 456 g/mol. The lowest BCUT2D eigenvalue weighted by Crippen LogP contribution is -2.43. The van der Waals surface area contributed by atoms with Crippen LogP contribution in [0.5, 0.6) is 0 Å². The normalized spacial score (nSPS) is 14.4. The number of carbonyl (C=O) groups is 2. The van der Waals surface area contributed by atoms with Crippen molar-refractivity contribution in [3.05, 3.63) is 76.3 Å². The molecule has 32 heavy (non-hydrogen) atoms. The molecule has 5 nitrogen and oxygen atoms in total. The SMILES string of the molecule is Cc1ccc(CNC(=O)C2CCN(C(=O)c3csc(-c4ccccc4F)n3)CC2)cc1F. The van der Waals surface area contributed by atoms with Gasteiger partial charge in [-0.3, -0.25) is 9.59 Å². The first kappa shape index (κ1) is 22.1. The molecular formula is C24H23F2N3O2S. The summed E-state index contributed by atoms with van der Waals surface area (Å²) in [6.45, 7) is 2.86. The summed E-state index contributed by atoms with van der Waals surface area (Å²) < 4.78 is 27.6. The Hall–Kier alpha value is -3.13. The number of likely N-dealkylation sites (tertiary alicyclic amines) is 1. The van der Waals surface area contributed by atoms with Crippen LogP contribution in [0.25, 0.3) is 10.6 Å². The van der Waals surface area contributed by atoms with Crippen LogP contribution in [0.15, 0.2) is 47.8 Å². The summed E-state index contributed by atoms with van der Waals surface area (Å²) >= 11 is 1.23. The Kier molecular flexibility index (Phi) is 6.60. The Bertz CT molecular complexity index is 1140. The second-order valence-electron chi connectivity index (χ2n) is 7.89. The van der Waals surface area contributed by atoms with Gasteiger partial charge >= 0.3 is 0 Å². The smallest absolute Gasteiger partial charge is 0.273 e. The zero-order valence-corrected chi connectivity index (χ0v) is 18.4. The summed E-state index contributed by atoms with van der Waals surface area (Å²) in [5.41, 5.74) is 1.94. The van der Waals surface area contributed by atoms with Gasteiger partial charge in [-0.15, -0.1) is 11.3 Å². The van der Waals surface area contributed by atoms with Crippen molar-refractivity contribution in [3.8, 4) is 10.6 Å². The molecule has 1 N–H and O–H groups in total. The fraction of sp³-hybridized carbons (Fsp3) is 0.292. The van der Waals surface area contributed by atoms with Crippen LogP contribution in [0, 0.1) is 24.5 Å². The third-order valence-electron chi connectivity index (χ3n) is 5.68. The predicted octanol–water partition coefficient (Wildman–Crippen LogP) is 4.57. The van der Waals surface area contributed by atoms with E-state index in [1.807, 2.05) is 0 Å².